The van der Waals surface area contributed by atoms with Gasteiger partial charge in [-0.1, -0.05) is 6.07 Å². The summed E-state index contributed by atoms with van der Waals surface area (Å²) < 4.78 is 15.8. The summed E-state index contributed by atoms with van der Waals surface area (Å²) in [6.45, 7) is 1.76. The van der Waals surface area contributed by atoms with Gasteiger partial charge in [-0.25, -0.2) is 4.39 Å². The number of hydrogen-bond acceptors (Lipinski definition) is 2. The third-order valence-corrected chi connectivity index (χ3v) is 5.03. The van der Waals surface area contributed by atoms with Gasteiger partial charge in [0.2, 0.25) is 0 Å². The van der Waals surface area contributed by atoms with E-state index < -0.39 is 0 Å². The maximum atomic E-state index is 13.8. The van der Waals surface area contributed by atoms with Crippen LogP contribution in [0.1, 0.15) is 28.9 Å². The quantitative estimate of drug-likeness (QED) is 0.709. The fourth-order valence-corrected chi connectivity index (χ4v) is 3.80. The zero-order chi connectivity index (χ0) is 18.3. The molecule has 1 N–H and O–H groups in total. The molecule has 0 saturated carbocycles. The van der Waals surface area contributed by atoms with Crippen molar-refractivity contribution in [3.8, 4) is 0 Å². The summed E-state index contributed by atoms with van der Waals surface area (Å²) in [5.74, 6) is -0.218. The first-order chi connectivity index (χ1) is 12.5. The van der Waals surface area contributed by atoms with Crippen LogP contribution in [0, 0.1) is 12.7 Å². The number of halogens is 1. The van der Waals surface area contributed by atoms with Gasteiger partial charge in [0, 0.05) is 31.3 Å². The number of thiocarbonyl (C=S) groups is 1. The predicted octanol–water partition coefficient (Wildman–Crippen LogP) is 4.04. The van der Waals surface area contributed by atoms with E-state index in [2.05, 4.69) is 27.5 Å². The molecule has 132 valence electrons. The van der Waals surface area contributed by atoms with Crippen molar-refractivity contribution in [1.29, 1.82) is 0 Å². The number of rotatable bonds is 3. The summed E-state index contributed by atoms with van der Waals surface area (Å²) in [6.07, 6.45) is 5.88. The Labute approximate surface area is 157 Å². The minimum atomic E-state index is -0.218. The Morgan fingerprint density at radius 3 is 2.69 bits per heavy atom. The molecule has 3 aromatic rings. The highest BCUT2D eigenvalue weighted by Crippen LogP contribution is 2.41. The number of anilines is 1. The van der Waals surface area contributed by atoms with Crippen molar-refractivity contribution in [2.75, 3.05) is 4.90 Å². The molecule has 2 atom stereocenters. The smallest absolute Gasteiger partial charge is 0.174 e. The number of nitrogens with zero attached hydrogens (tertiary/aromatic N) is 3. The van der Waals surface area contributed by atoms with Crippen LogP contribution in [0.3, 0.4) is 0 Å². The van der Waals surface area contributed by atoms with Gasteiger partial charge in [-0.3, -0.25) is 4.98 Å². The maximum absolute atomic E-state index is 13.8. The molecule has 0 radical (unpaired) electrons. The summed E-state index contributed by atoms with van der Waals surface area (Å²) in [6, 6.07) is 12.9. The normalized spacial score (nSPS) is 19.7. The second kappa shape index (κ2) is 6.53. The van der Waals surface area contributed by atoms with Crippen LogP contribution in [-0.4, -0.2) is 14.7 Å². The minimum Gasteiger partial charge on any atom is -0.357 e. The summed E-state index contributed by atoms with van der Waals surface area (Å²) >= 11 is 5.65. The van der Waals surface area contributed by atoms with Crippen molar-refractivity contribution in [2.24, 2.45) is 7.05 Å². The molecule has 6 heteroatoms. The Kier molecular flexibility index (Phi) is 4.20. The lowest BCUT2D eigenvalue weighted by Gasteiger charge is -2.27. The molecule has 0 spiro atoms. The van der Waals surface area contributed by atoms with Gasteiger partial charge in [0.05, 0.1) is 17.8 Å². The Morgan fingerprint density at radius 1 is 1.19 bits per heavy atom. The summed E-state index contributed by atoms with van der Waals surface area (Å²) in [5.41, 5.74) is 3.51. The molecule has 4 nitrogen and oxygen atoms in total. The van der Waals surface area contributed by atoms with Gasteiger partial charge < -0.3 is 14.8 Å². The Hall–Kier alpha value is -2.73. The third-order valence-electron chi connectivity index (χ3n) is 4.71. The zero-order valence-corrected chi connectivity index (χ0v) is 15.4. The molecule has 0 aliphatic carbocycles. The average molecular weight is 366 g/mol. The van der Waals surface area contributed by atoms with E-state index in [1.165, 1.54) is 6.07 Å². The number of hydrogen-bond donors (Lipinski definition) is 1. The molecule has 0 unspecified atom stereocenters. The van der Waals surface area contributed by atoms with E-state index >= 15 is 0 Å². The van der Waals surface area contributed by atoms with Crippen LogP contribution in [-0.2, 0) is 7.05 Å². The largest absolute Gasteiger partial charge is 0.357 e. The van der Waals surface area contributed by atoms with Crippen LogP contribution in [0.4, 0.5) is 10.1 Å². The first kappa shape index (κ1) is 16.7. The van der Waals surface area contributed by atoms with Crippen molar-refractivity contribution in [2.45, 2.75) is 19.0 Å². The van der Waals surface area contributed by atoms with E-state index in [1.807, 2.05) is 42.1 Å². The van der Waals surface area contributed by atoms with Crippen LogP contribution in [0.5, 0.6) is 0 Å². The van der Waals surface area contributed by atoms with Gasteiger partial charge in [-0.15, -0.1) is 0 Å². The molecule has 1 fully saturated rings. The molecule has 1 saturated heterocycles. The molecule has 0 bridgehead atoms. The second-order valence-electron chi connectivity index (χ2n) is 6.54. The monoisotopic (exact) mass is 366 g/mol. The third kappa shape index (κ3) is 2.86. The van der Waals surface area contributed by atoms with Crippen LogP contribution >= 0.6 is 12.2 Å². The zero-order valence-electron chi connectivity index (χ0n) is 14.6. The predicted molar refractivity (Wildman–Crippen MR) is 104 cm³/mol. The Bertz CT molecular complexity index is 953. The van der Waals surface area contributed by atoms with Crippen LogP contribution in [0.2, 0.25) is 0 Å². The lowest BCUT2D eigenvalue weighted by Crippen LogP contribution is -2.29. The van der Waals surface area contributed by atoms with Crippen molar-refractivity contribution in [3.05, 3.63) is 83.7 Å². The van der Waals surface area contributed by atoms with Crippen LogP contribution in [0.25, 0.3) is 0 Å². The van der Waals surface area contributed by atoms with Crippen LogP contribution < -0.4 is 10.2 Å². The SMILES string of the molecule is Cc1cc(N2C(=S)N[C@@H](c3ccccn3)[C@@H]2c2ccn(C)c2)ccc1F. The lowest BCUT2D eigenvalue weighted by atomic mass is 9.98. The second-order valence-corrected chi connectivity index (χ2v) is 6.93. The molecule has 26 heavy (non-hydrogen) atoms. The molecular weight excluding hydrogens is 347 g/mol. The highest BCUT2D eigenvalue weighted by molar-refractivity contribution is 7.80. The number of pyridine rings is 1. The van der Waals surface area contributed by atoms with Gasteiger partial charge in [0.15, 0.2) is 5.11 Å². The van der Waals surface area contributed by atoms with Gasteiger partial charge in [-0.05, 0) is 66.7 Å². The van der Waals surface area contributed by atoms with E-state index in [1.54, 1.807) is 19.2 Å². The molecule has 0 amide bonds. The van der Waals surface area contributed by atoms with Gasteiger partial charge in [0.1, 0.15) is 5.82 Å². The molecule has 4 rings (SSSR count). The molecule has 3 heterocycles. The molecule has 1 aliphatic rings. The molecule has 1 aliphatic heterocycles. The van der Waals surface area contributed by atoms with E-state index in [0.29, 0.717) is 10.7 Å². The van der Waals surface area contributed by atoms with Gasteiger partial charge in [-0.2, -0.15) is 0 Å². The Morgan fingerprint density at radius 2 is 2.04 bits per heavy atom. The van der Waals surface area contributed by atoms with Crippen LogP contribution in [0.15, 0.2) is 61.1 Å². The standard InChI is InChI=1S/C20H19FN4S/c1-13-11-15(6-7-16(13)21)25-19(14-8-10-24(2)12-14)18(23-20(25)26)17-5-3-4-9-22-17/h3-12,18-19H,1-2H3,(H,23,26)/t18-,19-/m0/s1. The van der Waals surface area contributed by atoms with Crippen molar-refractivity contribution in [1.82, 2.24) is 14.9 Å². The average Bonchev–Trinajstić information content (AvgIpc) is 3.21. The van der Waals surface area contributed by atoms with Gasteiger partial charge in [0.25, 0.3) is 0 Å². The highest BCUT2D eigenvalue weighted by Gasteiger charge is 2.41. The number of nitrogens with one attached hydrogen (secondary N) is 1. The lowest BCUT2D eigenvalue weighted by molar-refractivity contribution is 0.567. The number of aromatic nitrogens is 2. The van der Waals surface area contributed by atoms with Gasteiger partial charge >= 0.3 is 0 Å². The number of benzene rings is 1. The topological polar surface area (TPSA) is 33.1 Å². The van der Waals surface area contributed by atoms with E-state index in [4.69, 9.17) is 12.2 Å². The maximum Gasteiger partial charge on any atom is 0.174 e. The van der Waals surface area contributed by atoms with E-state index in [0.717, 1.165) is 16.9 Å². The fourth-order valence-electron chi connectivity index (χ4n) is 3.45. The highest BCUT2D eigenvalue weighted by atomic mass is 32.1. The number of aryl methyl sites for hydroxylation is 2. The molecule has 2 aromatic heterocycles. The summed E-state index contributed by atoms with van der Waals surface area (Å²) in [5, 5.41) is 4.01. The summed E-state index contributed by atoms with van der Waals surface area (Å²) in [7, 11) is 1.99. The van der Waals surface area contributed by atoms with E-state index in [-0.39, 0.29) is 17.9 Å². The van der Waals surface area contributed by atoms with Crippen molar-refractivity contribution < 1.29 is 4.39 Å². The van der Waals surface area contributed by atoms with Crippen molar-refractivity contribution in [3.63, 3.8) is 0 Å². The summed E-state index contributed by atoms with van der Waals surface area (Å²) in [4.78, 5) is 6.57. The fraction of sp³-hybridized carbons (Fsp3) is 0.200. The van der Waals surface area contributed by atoms with E-state index in [9.17, 15) is 4.39 Å². The molecular formula is C20H19FN4S. The Balaban J connectivity index is 1.83. The molecule has 1 aromatic carbocycles. The first-order valence-corrected chi connectivity index (χ1v) is 8.84. The first-order valence-electron chi connectivity index (χ1n) is 8.43. The van der Waals surface area contributed by atoms with Crippen molar-refractivity contribution >= 4 is 23.0 Å². The minimum absolute atomic E-state index is 0.0662.